The van der Waals surface area contributed by atoms with Gasteiger partial charge in [-0.05, 0) is 36.5 Å². The molecule has 1 unspecified atom stereocenters. The first-order valence-electron chi connectivity index (χ1n) is 8.14. The number of benzene rings is 1. The summed E-state index contributed by atoms with van der Waals surface area (Å²) in [6.07, 6.45) is -4.51. The van der Waals surface area contributed by atoms with E-state index in [0.717, 1.165) is 0 Å². The number of hydrogen-bond donors (Lipinski definition) is 3. The van der Waals surface area contributed by atoms with E-state index in [1.54, 1.807) is 4.72 Å². The molecule has 7 nitrogen and oxygen atoms in total. The Hall–Kier alpha value is -2.08. The first-order chi connectivity index (χ1) is 12.5. The number of nitrogens with zero attached hydrogens (tertiary/aromatic N) is 1. The first kappa shape index (κ1) is 19.7. The second kappa shape index (κ2) is 6.82. The fourth-order valence-corrected chi connectivity index (χ4v) is 4.48. The average molecular weight is 411 g/mol. The van der Waals surface area contributed by atoms with Gasteiger partial charge in [-0.1, -0.05) is 0 Å². The molecule has 27 heavy (non-hydrogen) atoms. The van der Waals surface area contributed by atoms with Crippen LogP contribution < -0.4 is 14.3 Å². The Labute approximate surface area is 152 Å². The topological polar surface area (TPSA) is 98.7 Å². The molecule has 0 bridgehead atoms. The standard InChI is InChI=1S/C15H17F4N3O4S/c16-13-10-6-9(20-4-3-15(17,18)19)2-1-8(10)5-11(23)14(13)22-7-12(24)21-27(22,25)26/h5,9,20,23H,1-4,6-7H2,(H,21,24). The zero-order valence-electron chi connectivity index (χ0n) is 13.9. The highest BCUT2D eigenvalue weighted by Gasteiger charge is 2.39. The lowest BCUT2D eigenvalue weighted by Crippen LogP contribution is -2.37. The van der Waals surface area contributed by atoms with Gasteiger partial charge in [-0.2, -0.15) is 21.6 Å². The normalized spacial score (nSPS) is 21.9. The lowest BCUT2D eigenvalue weighted by molar-refractivity contribution is -0.133. The summed E-state index contributed by atoms with van der Waals surface area (Å²) in [5.41, 5.74) is -0.0605. The molecule has 1 heterocycles. The lowest BCUT2D eigenvalue weighted by Gasteiger charge is -2.28. The number of rotatable bonds is 4. The van der Waals surface area contributed by atoms with Crippen LogP contribution in [0.25, 0.3) is 0 Å². The van der Waals surface area contributed by atoms with Gasteiger partial charge >= 0.3 is 16.4 Å². The maximum Gasteiger partial charge on any atom is 0.390 e. The monoisotopic (exact) mass is 411 g/mol. The van der Waals surface area contributed by atoms with Crippen LogP contribution in [0, 0.1) is 5.82 Å². The van der Waals surface area contributed by atoms with Crippen molar-refractivity contribution in [1.82, 2.24) is 10.0 Å². The molecule has 0 spiro atoms. The molecule has 2 aliphatic rings. The molecule has 1 aromatic rings. The molecule has 12 heteroatoms. The Morgan fingerprint density at radius 3 is 2.67 bits per heavy atom. The summed E-state index contributed by atoms with van der Waals surface area (Å²) in [6.45, 7) is -0.978. The lowest BCUT2D eigenvalue weighted by atomic mass is 9.87. The molecular weight excluding hydrogens is 394 g/mol. The number of alkyl halides is 3. The smallest absolute Gasteiger partial charge is 0.390 e. The predicted octanol–water partition coefficient (Wildman–Crippen LogP) is 1.11. The van der Waals surface area contributed by atoms with Crippen LogP contribution in [0.4, 0.5) is 23.2 Å². The number of carbonyl (C=O) groups excluding carboxylic acids is 1. The van der Waals surface area contributed by atoms with Crippen molar-refractivity contribution in [2.24, 2.45) is 0 Å². The number of halogens is 4. The number of carbonyl (C=O) groups is 1. The van der Waals surface area contributed by atoms with Crippen molar-refractivity contribution in [3.8, 4) is 5.75 Å². The van der Waals surface area contributed by atoms with Gasteiger partial charge in [0.05, 0.1) is 6.42 Å². The van der Waals surface area contributed by atoms with Crippen molar-refractivity contribution in [1.29, 1.82) is 0 Å². The van der Waals surface area contributed by atoms with Gasteiger partial charge in [-0.25, -0.2) is 13.4 Å². The summed E-state index contributed by atoms with van der Waals surface area (Å²) in [5.74, 6) is -2.47. The molecule has 1 amide bonds. The van der Waals surface area contributed by atoms with E-state index >= 15 is 4.39 Å². The molecule has 1 aromatic carbocycles. The Morgan fingerprint density at radius 1 is 1.37 bits per heavy atom. The van der Waals surface area contributed by atoms with E-state index in [1.165, 1.54) is 6.07 Å². The number of nitrogens with one attached hydrogen (secondary N) is 2. The van der Waals surface area contributed by atoms with E-state index in [9.17, 15) is 31.5 Å². The van der Waals surface area contributed by atoms with Gasteiger partial charge in [-0.15, -0.1) is 0 Å². The number of phenolic OH excluding ortho intramolecular Hbond substituents is 1. The molecule has 1 saturated heterocycles. The number of aromatic hydroxyl groups is 1. The van der Waals surface area contributed by atoms with Crippen molar-refractivity contribution in [2.45, 2.75) is 37.9 Å². The Morgan fingerprint density at radius 2 is 2.07 bits per heavy atom. The highest BCUT2D eigenvalue weighted by atomic mass is 32.2. The van der Waals surface area contributed by atoms with Gasteiger partial charge in [-0.3, -0.25) is 4.79 Å². The highest BCUT2D eigenvalue weighted by molar-refractivity contribution is 7.92. The second-order valence-electron chi connectivity index (χ2n) is 6.49. The van der Waals surface area contributed by atoms with E-state index in [4.69, 9.17) is 0 Å². The van der Waals surface area contributed by atoms with Crippen LogP contribution >= 0.6 is 0 Å². The molecule has 0 saturated carbocycles. The maximum atomic E-state index is 15.0. The Kier molecular flexibility index (Phi) is 4.97. The van der Waals surface area contributed by atoms with E-state index in [-0.39, 0.29) is 18.5 Å². The van der Waals surface area contributed by atoms with Gasteiger partial charge in [0.25, 0.3) is 5.91 Å². The van der Waals surface area contributed by atoms with Crippen molar-refractivity contribution >= 4 is 21.8 Å². The zero-order chi connectivity index (χ0) is 20.0. The second-order valence-corrected chi connectivity index (χ2v) is 8.09. The van der Waals surface area contributed by atoms with Crippen LogP contribution in [-0.4, -0.2) is 44.7 Å². The number of amides is 1. The number of fused-ring (bicyclic) bond motifs is 1. The minimum Gasteiger partial charge on any atom is -0.506 e. The molecule has 0 aromatic heterocycles. The van der Waals surface area contributed by atoms with Crippen molar-refractivity contribution in [3.63, 3.8) is 0 Å². The van der Waals surface area contributed by atoms with Gasteiger partial charge < -0.3 is 10.4 Å². The summed E-state index contributed by atoms with van der Waals surface area (Å²) in [5, 5.41) is 12.8. The van der Waals surface area contributed by atoms with Crippen LogP contribution in [-0.2, 0) is 27.8 Å². The SMILES string of the molecule is O=C1CN(c2c(O)cc3c(c2F)CC(NCCC(F)(F)F)CC3)S(=O)(=O)N1. The third-order valence-corrected chi connectivity index (χ3v) is 5.92. The van der Waals surface area contributed by atoms with E-state index in [0.29, 0.717) is 22.7 Å². The largest absolute Gasteiger partial charge is 0.506 e. The van der Waals surface area contributed by atoms with Gasteiger partial charge in [0.1, 0.15) is 18.0 Å². The zero-order valence-corrected chi connectivity index (χ0v) is 14.8. The summed E-state index contributed by atoms with van der Waals surface area (Å²) in [4.78, 5) is 11.4. The van der Waals surface area contributed by atoms with Gasteiger partial charge in [0.15, 0.2) is 5.82 Å². The quantitative estimate of drug-likeness (QED) is 0.645. The number of anilines is 1. The molecular formula is C15H17F4N3O4S. The Balaban J connectivity index is 1.85. The molecule has 1 fully saturated rings. The van der Waals surface area contributed by atoms with E-state index < -0.39 is 58.6 Å². The molecule has 1 aliphatic heterocycles. The number of aryl methyl sites for hydroxylation is 1. The average Bonchev–Trinajstić information content (AvgIpc) is 2.79. The molecule has 3 rings (SSSR count). The highest BCUT2D eigenvalue weighted by Crippen LogP contribution is 2.39. The van der Waals surface area contributed by atoms with Crippen molar-refractivity contribution in [2.75, 3.05) is 17.4 Å². The maximum absolute atomic E-state index is 15.0. The van der Waals surface area contributed by atoms with Crippen LogP contribution in [0.5, 0.6) is 5.75 Å². The molecule has 1 atom stereocenters. The summed E-state index contributed by atoms with van der Waals surface area (Å²) >= 11 is 0. The number of phenols is 1. The molecule has 0 radical (unpaired) electrons. The molecule has 150 valence electrons. The first-order valence-corrected chi connectivity index (χ1v) is 9.58. The van der Waals surface area contributed by atoms with Crippen molar-refractivity contribution in [3.05, 3.63) is 23.0 Å². The molecule has 3 N–H and O–H groups in total. The Bertz CT molecular complexity index is 873. The number of hydrogen-bond acceptors (Lipinski definition) is 5. The van der Waals surface area contributed by atoms with E-state index in [2.05, 4.69) is 5.32 Å². The van der Waals surface area contributed by atoms with Gasteiger partial charge in [0, 0.05) is 12.6 Å². The summed E-state index contributed by atoms with van der Waals surface area (Å²) in [6, 6.07) is 0.819. The minimum atomic E-state index is -4.31. The predicted molar refractivity (Wildman–Crippen MR) is 87.0 cm³/mol. The summed E-state index contributed by atoms with van der Waals surface area (Å²) < 4.78 is 77.8. The fourth-order valence-electron chi connectivity index (χ4n) is 3.31. The molecule has 1 aliphatic carbocycles. The van der Waals surface area contributed by atoms with Gasteiger partial charge in [0.2, 0.25) is 0 Å². The van der Waals surface area contributed by atoms with Crippen LogP contribution in [0.15, 0.2) is 6.07 Å². The fraction of sp³-hybridized carbons (Fsp3) is 0.533. The van der Waals surface area contributed by atoms with Crippen LogP contribution in [0.3, 0.4) is 0 Å². The third-order valence-electron chi connectivity index (χ3n) is 4.54. The summed E-state index contributed by atoms with van der Waals surface area (Å²) in [7, 11) is -4.31. The van der Waals surface area contributed by atoms with E-state index in [1.807, 2.05) is 0 Å². The van der Waals surface area contributed by atoms with Crippen molar-refractivity contribution < 1.29 is 35.9 Å². The van der Waals surface area contributed by atoms with Crippen LogP contribution in [0.2, 0.25) is 0 Å². The third kappa shape index (κ3) is 4.10. The van der Waals surface area contributed by atoms with Crippen LogP contribution in [0.1, 0.15) is 24.0 Å². The minimum absolute atomic E-state index is 0.0432.